The molecule has 11 heavy (non-hydrogen) atoms. The molecule has 0 aromatic carbocycles. The van der Waals surface area contributed by atoms with Gasteiger partial charge in [0, 0.05) is 6.61 Å². The standard InChI is InChI=1S/C10H18O/c11-8-7-10-4-1-9(2-5-10)3-6-10/h9,11H,1-8H2. The molecular formula is C10H18O. The average molecular weight is 154 g/mol. The minimum absolute atomic E-state index is 0.407. The fourth-order valence-electron chi connectivity index (χ4n) is 2.95. The largest absolute Gasteiger partial charge is 0.396 e. The molecule has 0 aliphatic heterocycles. The van der Waals surface area contributed by atoms with Gasteiger partial charge < -0.3 is 5.11 Å². The van der Waals surface area contributed by atoms with Crippen molar-refractivity contribution in [3.63, 3.8) is 0 Å². The van der Waals surface area contributed by atoms with Gasteiger partial charge >= 0.3 is 0 Å². The quantitative estimate of drug-likeness (QED) is 0.647. The lowest BCUT2D eigenvalue weighted by molar-refractivity contribution is 0.0398. The van der Waals surface area contributed by atoms with E-state index in [4.69, 9.17) is 5.11 Å². The molecule has 0 radical (unpaired) electrons. The lowest BCUT2D eigenvalue weighted by Crippen LogP contribution is -2.34. The highest BCUT2D eigenvalue weighted by Crippen LogP contribution is 2.51. The van der Waals surface area contributed by atoms with E-state index >= 15 is 0 Å². The van der Waals surface area contributed by atoms with Crippen molar-refractivity contribution in [3.05, 3.63) is 0 Å². The highest BCUT2D eigenvalue weighted by molar-refractivity contribution is 4.91. The van der Waals surface area contributed by atoms with Crippen molar-refractivity contribution >= 4 is 0 Å². The van der Waals surface area contributed by atoms with E-state index in [1.807, 2.05) is 0 Å². The number of aliphatic hydroxyl groups is 1. The number of fused-ring (bicyclic) bond motifs is 3. The summed E-state index contributed by atoms with van der Waals surface area (Å²) in [6, 6.07) is 0. The van der Waals surface area contributed by atoms with E-state index in [-0.39, 0.29) is 0 Å². The molecule has 0 saturated heterocycles. The predicted octanol–water partition coefficient (Wildman–Crippen LogP) is 2.34. The van der Waals surface area contributed by atoms with Gasteiger partial charge in [0.1, 0.15) is 0 Å². The fraction of sp³-hybridized carbons (Fsp3) is 1.00. The van der Waals surface area contributed by atoms with Gasteiger partial charge in [-0.2, -0.15) is 0 Å². The van der Waals surface area contributed by atoms with Crippen molar-refractivity contribution in [2.45, 2.75) is 44.9 Å². The van der Waals surface area contributed by atoms with E-state index in [0.29, 0.717) is 12.0 Å². The summed E-state index contributed by atoms with van der Waals surface area (Å²) in [6.45, 7) is 0.407. The van der Waals surface area contributed by atoms with Crippen LogP contribution in [0.5, 0.6) is 0 Å². The predicted molar refractivity (Wildman–Crippen MR) is 45.3 cm³/mol. The van der Waals surface area contributed by atoms with Crippen molar-refractivity contribution in [1.29, 1.82) is 0 Å². The average Bonchev–Trinajstić information content (AvgIpc) is 2.07. The summed E-state index contributed by atoms with van der Waals surface area (Å²) in [5.41, 5.74) is 0.587. The maximum absolute atomic E-state index is 8.93. The molecule has 0 heterocycles. The zero-order chi connectivity index (χ0) is 7.73. The van der Waals surface area contributed by atoms with E-state index in [0.717, 1.165) is 12.3 Å². The fourth-order valence-corrected chi connectivity index (χ4v) is 2.95. The van der Waals surface area contributed by atoms with Crippen LogP contribution in [0.2, 0.25) is 0 Å². The number of aliphatic hydroxyl groups excluding tert-OH is 1. The molecule has 64 valence electrons. The molecule has 0 aromatic heterocycles. The minimum Gasteiger partial charge on any atom is -0.396 e. The summed E-state index contributed by atoms with van der Waals surface area (Å²) in [5, 5.41) is 8.93. The third-order valence-electron chi connectivity index (χ3n) is 3.89. The first-order valence-corrected chi connectivity index (χ1v) is 4.96. The second-order valence-corrected chi connectivity index (χ2v) is 4.46. The summed E-state index contributed by atoms with van der Waals surface area (Å²) in [4.78, 5) is 0. The van der Waals surface area contributed by atoms with Crippen LogP contribution >= 0.6 is 0 Å². The number of hydrogen-bond acceptors (Lipinski definition) is 1. The minimum atomic E-state index is 0.407. The number of rotatable bonds is 2. The van der Waals surface area contributed by atoms with Crippen LogP contribution in [0, 0.1) is 11.3 Å². The van der Waals surface area contributed by atoms with Crippen LogP contribution < -0.4 is 0 Å². The van der Waals surface area contributed by atoms with Crippen molar-refractivity contribution in [1.82, 2.24) is 0 Å². The molecule has 0 unspecified atom stereocenters. The van der Waals surface area contributed by atoms with Crippen molar-refractivity contribution in [2.75, 3.05) is 6.61 Å². The lowest BCUT2D eigenvalue weighted by Gasteiger charge is -2.46. The first-order chi connectivity index (χ1) is 5.35. The topological polar surface area (TPSA) is 20.2 Å². The first kappa shape index (κ1) is 7.60. The maximum Gasteiger partial charge on any atom is 0.0436 e. The third kappa shape index (κ3) is 1.31. The Kier molecular flexibility index (Phi) is 1.92. The molecule has 3 fully saturated rings. The molecule has 0 spiro atoms. The third-order valence-corrected chi connectivity index (χ3v) is 3.89. The maximum atomic E-state index is 8.93. The van der Waals surface area contributed by atoms with E-state index in [9.17, 15) is 0 Å². The molecule has 1 heteroatoms. The van der Waals surface area contributed by atoms with Gasteiger partial charge in [-0.3, -0.25) is 0 Å². The zero-order valence-corrected chi connectivity index (χ0v) is 7.18. The van der Waals surface area contributed by atoms with E-state index < -0.39 is 0 Å². The van der Waals surface area contributed by atoms with Crippen LogP contribution in [0.1, 0.15) is 44.9 Å². The smallest absolute Gasteiger partial charge is 0.0436 e. The molecule has 3 rings (SSSR count). The van der Waals surface area contributed by atoms with Gasteiger partial charge in [0.25, 0.3) is 0 Å². The first-order valence-electron chi connectivity index (χ1n) is 4.96. The molecule has 0 atom stereocenters. The number of hydrogen-bond donors (Lipinski definition) is 1. The SMILES string of the molecule is OCCC12CCC(CC1)CC2. The van der Waals surface area contributed by atoms with Gasteiger partial charge in [-0.15, -0.1) is 0 Å². The van der Waals surface area contributed by atoms with Crippen LogP contribution in [0.15, 0.2) is 0 Å². The van der Waals surface area contributed by atoms with Gasteiger partial charge in [0.2, 0.25) is 0 Å². The van der Waals surface area contributed by atoms with Gasteiger partial charge in [0.15, 0.2) is 0 Å². The van der Waals surface area contributed by atoms with Crippen molar-refractivity contribution in [3.8, 4) is 0 Å². The molecule has 2 bridgehead atoms. The summed E-state index contributed by atoms with van der Waals surface area (Å²) >= 11 is 0. The van der Waals surface area contributed by atoms with E-state index in [1.54, 1.807) is 0 Å². The Balaban J connectivity index is 2.00. The van der Waals surface area contributed by atoms with Crippen molar-refractivity contribution < 1.29 is 5.11 Å². The van der Waals surface area contributed by atoms with Gasteiger partial charge in [-0.25, -0.2) is 0 Å². The molecule has 3 aliphatic rings. The van der Waals surface area contributed by atoms with Gasteiger partial charge in [-0.05, 0) is 56.3 Å². The second kappa shape index (κ2) is 2.78. The van der Waals surface area contributed by atoms with E-state index in [1.165, 1.54) is 38.5 Å². The monoisotopic (exact) mass is 154 g/mol. The molecule has 3 saturated carbocycles. The molecule has 3 aliphatic carbocycles. The molecule has 0 aromatic rings. The zero-order valence-electron chi connectivity index (χ0n) is 7.18. The lowest BCUT2D eigenvalue weighted by atomic mass is 9.59. The normalized spacial score (nSPS) is 42.8. The Morgan fingerprint density at radius 1 is 1.09 bits per heavy atom. The molecular weight excluding hydrogens is 136 g/mol. The summed E-state index contributed by atoms with van der Waals surface area (Å²) in [7, 11) is 0. The van der Waals surface area contributed by atoms with Crippen LogP contribution in [0.3, 0.4) is 0 Å². The summed E-state index contributed by atoms with van der Waals surface area (Å²) < 4.78 is 0. The van der Waals surface area contributed by atoms with E-state index in [2.05, 4.69) is 0 Å². The Morgan fingerprint density at radius 3 is 2.09 bits per heavy atom. The van der Waals surface area contributed by atoms with Crippen molar-refractivity contribution in [2.24, 2.45) is 11.3 Å². The Morgan fingerprint density at radius 2 is 1.64 bits per heavy atom. The van der Waals surface area contributed by atoms with Crippen LogP contribution in [0.4, 0.5) is 0 Å². The Hall–Kier alpha value is -0.0400. The summed E-state index contributed by atoms with van der Waals surface area (Å²) in [6.07, 6.45) is 9.61. The highest BCUT2D eigenvalue weighted by Gasteiger charge is 2.39. The molecule has 0 amide bonds. The second-order valence-electron chi connectivity index (χ2n) is 4.46. The van der Waals surface area contributed by atoms with Gasteiger partial charge in [0.05, 0.1) is 0 Å². The summed E-state index contributed by atoms with van der Waals surface area (Å²) in [5.74, 6) is 1.05. The Bertz CT molecular complexity index is 114. The Labute approximate surface area is 68.8 Å². The van der Waals surface area contributed by atoms with Crippen LogP contribution in [0.25, 0.3) is 0 Å². The van der Waals surface area contributed by atoms with Crippen LogP contribution in [-0.4, -0.2) is 11.7 Å². The highest BCUT2D eigenvalue weighted by atomic mass is 16.3. The molecule has 1 nitrogen and oxygen atoms in total. The molecule has 1 N–H and O–H groups in total. The van der Waals surface area contributed by atoms with Crippen LogP contribution in [-0.2, 0) is 0 Å². The van der Waals surface area contributed by atoms with Gasteiger partial charge in [-0.1, -0.05) is 0 Å².